The topological polar surface area (TPSA) is 72.2 Å². The van der Waals surface area contributed by atoms with Gasteiger partial charge in [-0.3, -0.25) is 4.98 Å². The molecule has 0 aliphatic rings. The molecule has 1 aromatic heterocycles. The van der Waals surface area contributed by atoms with E-state index >= 15 is 0 Å². The van der Waals surface area contributed by atoms with Gasteiger partial charge in [-0.05, 0) is 60.9 Å². The highest BCUT2D eigenvalue weighted by molar-refractivity contribution is 5.98. The molecule has 0 saturated carbocycles. The number of rotatable bonds is 7. The van der Waals surface area contributed by atoms with Gasteiger partial charge in [0.25, 0.3) is 0 Å². The maximum absolute atomic E-state index is 11.8. The molecular formula is C21H20N2O3. The average Bonchev–Trinajstić information content (AvgIpc) is 2.64. The maximum atomic E-state index is 11.8. The van der Waals surface area contributed by atoms with Crippen LogP contribution in [0.5, 0.6) is 5.75 Å². The largest absolute Gasteiger partial charge is 0.487 e. The molecule has 0 fully saturated rings. The molecule has 0 spiro atoms. The molecule has 0 aliphatic carbocycles. The Bertz CT molecular complexity index is 842. The van der Waals surface area contributed by atoms with Crippen LogP contribution in [0.4, 0.5) is 0 Å². The van der Waals surface area contributed by atoms with E-state index in [0.717, 1.165) is 28.1 Å². The molecule has 0 atom stereocenters. The van der Waals surface area contributed by atoms with Crippen LogP contribution in [0.2, 0.25) is 0 Å². The molecule has 2 rings (SSSR count). The standard InChI is InChI=1S/C21H20N2O3/c1-4-9-25-21(24)18(13-22)12-17-10-15(2)20(16(3)11-17)26-14-19-7-5-6-8-23-19/h4-8,10-12H,1,9,14H2,2-3H3/b18-12+. The smallest absolute Gasteiger partial charge is 0.349 e. The van der Waals surface area contributed by atoms with Crippen molar-refractivity contribution in [3.05, 3.63) is 77.1 Å². The number of hydrogen-bond donors (Lipinski definition) is 0. The van der Waals surface area contributed by atoms with Crippen molar-refractivity contribution in [2.24, 2.45) is 0 Å². The van der Waals surface area contributed by atoms with Crippen molar-refractivity contribution in [1.29, 1.82) is 5.26 Å². The third-order valence-electron chi connectivity index (χ3n) is 3.56. The third kappa shape index (κ3) is 5.05. The summed E-state index contributed by atoms with van der Waals surface area (Å²) < 4.78 is 10.8. The van der Waals surface area contributed by atoms with E-state index in [1.165, 1.54) is 12.2 Å². The van der Waals surface area contributed by atoms with E-state index in [4.69, 9.17) is 9.47 Å². The van der Waals surface area contributed by atoms with Gasteiger partial charge in [0.05, 0.1) is 5.69 Å². The van der Waals surface area contributed by atoms with Crippen LogP contribution in [0.3, 0.4) is 0 Å². The highest BCUT2D eigenvalue weighted by atomic mass is 16.5. The summed E-state index contributed by atoms with van der Waals surface area (Å²) in [7, 11) is 0. The molecule has 2 aromatic rings. The van der Waals surface area contributed by atoms with Crippen LogP contribution in [-0.4, -0.2) is 17.6 Å². The zero-order valence-electron chi connectivity index (χ0n) is 14.9. The van der Waals surface area contributed by atoms with E-state index in [1.807, 2.05) is 50.2 Å². The minimum atomic E-state index is -0.668. The number of nitrogens with zero attached hydrogens (tertiary/aromatic N) is 2. The fourth-order valence-corrected chi connectivity index (χ4v) is 2.44. The molecule has 26 heavy (non-hydrogen) atoms. The van der Waals surface area contributed by atoms with E-state index < -0.39 is 5.97 Å². The zero-order chi connectivity index (χ0) is 18.9. The molecule has 1 heterocycles. The van der Waals surface area contributed by atoms with Gasteiger partial charge in [0.2, 0.25) is 0 Å². The van der Waals surface area contributed by atoms with Gasteiger partial charge in [0.1, 0.15) is 30.6 Å². The molecule has 5 nitrogen and oxygen atoms in total. The first kappa shape index (κ1) is 18.9. The molecule has 0 amide bonds. The van der Waals surface area contributed by atoms with Crippen LogP contribution >= 0.6 is 0 Å². The lowest BCUT2D eigenvalue weighted by Crippen LogP contribution is -2.06. The van der Waals surface area contributed by atoms with Crippen LogP contribution in [-0.2, 0) is 16.1 Å². The molecule has 5 heteroatoms. The van der Waals surface area contributed by atoms with E-state index in [2.05, 4.69) is 11.6 Å². The molecule has 0 radical (unpaired) electrons. The SMILES string of the molecule is C=CCOC(=O)/C(C#N)=C/c1cc(C)c(OCc2ccccn2)c(C)c1. The number of ether oxygens (including phenoxy) is 2. The highest BCUT2D eigenvalue weighted by Crippen LogP contribution is 2.26. The van der Waals surface area contributed by atoms with Gasteiger partial charge in [0, 0.05) is 6.20 Å². The Morgan fingerprint density at radius 2 is 2.04 bits per heavy atom. The molecule has 132 valence electrons. The number of carbonyl (C=O) groups excluding carboxylic acids is 1. The van der Waals surface area contributed by atoms with Gasteiger partial charge in [-0.2, -0.15) is 5.26 Å². The quantitative estimate of drug-likeness (QED) is 0.328. The lowest BCUT2D eigenvalue weighted by Gasteiger charge is -2.13. The molecule has 1 aromatic carbocycles. The van der Waals surface area contributed by atoms with Crippen LogP contribution in [0.1, 0.15) is 22.4 Å². The van der Waals surface area contributed by atoms with Gasteiger partial charge in [0.15, 0.2) is 0 Å². The Balaban J connectivity index is 2.20. The molecule has 0 unspecified atom stereocenters. The fourth-order valence-electron chi connectivity index (χ4n) is 2.44. The predicted octanol–water partition coefficient (Wildman–Crippen LogP) is 3.91. The van der Waals surface area contributed by atoms with E-state index in [-0.39, 0.29) is 12.2 Å². The normalized spacial score (nSPS) is 10.7. The Kier molecular flexibility index (Phi) is 6.69. The van der Waals surface area contributed by atoms with Gasteiger partial charge in [-0.1, -0.05) is 18.7 Å². The number of carbonyl (C=O) groups is 1. The predicted molar refractivity (Wildman–Crippen MR) is 99.2 cm³/mol. The lowest BCUT2D eigenvalue weighted by atomic mass is 10.0. The van der Waals surface area contributed by atoms with Crippen LogP contribution in [0.15, 0.2) is 54.8 Å². The first-order chi connectivity index (χ1) is 12.5. The maximum Gasteiger partial charge on any atom is 0.349 e. The molecule has 0 bridgehead atoms. The summed E-state index contributed by atoms with van der Waals surface area (Å²) in [4.78, 5) is 16.1. The summed E-state index contributed by atoms with van der Waals surface area (Å²) in [5, 5.41) is 9.18. The zero-order valence-corrected chi connectivity index (χ0v) is 14.9. The number of pyridine rings is 1. The second-order valence-electron chi connectivity index (χ2n) is 5.65. The fraction of sp³-hybridized carbons (Fsp3) is 0.190. The van der Waals surface area contributed by atoms with Crippen LogP contribution in [0.25, 0.3) is 6.08 Å². The second kappa shape index (κ2) is 9.19. The number of aryl methyl sites for hydroxylation is 2. The van der Waals surface area contributed by atoms with E-state index in [9.17, 15) is 10.1 Å². The molecule has 0 N–H and O–H groups in total. The Labute approximate surface area is 153 Å². The van der Waals surface area contributed by atoms with E-state index in [1.54, 1.807) is 6.20 Å². The van der Waals surface area contributed by atoms with Gasteiger partial charge in [-0.15, -0.1) is 0 Å². The molecular weight excluding hydrogens is 328 g/mol. The summed E-state index contributed by atoms with van der Waals surface area (Å²) in [6, 6.07) is 11.3. The van der Waals surface area contributed by atoms with E-state index in [0.29, 0.717) is 6.61 Å². The molecule has 0 aliphatic heterocycles. The van der Waals surface area contributed by atoms with Crippen molar-refractivity contribution in [3.63, 3.8) is 0 Å². The summed E-state index contributed by atoms with van der Waals surface area (Å²) in [6.07, 6.45) is 4.68. The van der Waals surface area contributed by atoms with Crippen molar-refractivity contribution >= 4 is 12.0 Å². The van der Waals surface area contributed by atoms with Crippen LogP contribution in [0, 0.1) is 25.2 Å². The van der Waals surface area contributed by atoms with Gasteiger partial charge < -0.3 is 9.47 Å². The summed E-state index contributed by atoms with van der Waals surface area (Å²) in [6.45, 7) is 7.75. The Morgan fingerprint density at radius 3 is 2.62 bits per heavy atom. The number of esters is 1. The van der Waals surface area contributed by atoms with Crippen molar-refractivity contribution in [1.82, 2.24) is 4.98 Å². The minimum absolute atomic E-state index is 0.0622. The highest BCUT2D eigenvalue weighted by Gasteiger charge is 2.12. The lowest BCUT2D eigenvalue weighted by molar-refractivity contribution is -0.137. The Morgan fingerprint density at radius 1 is 1.31 bits per heavy atom. The van der Waals surface area contributed by atoms with Crippen LogP contribution < -0.4 is 4.74 Å². The number of benzene rings is 1. The van der Waals surface area contributed by atoms with Gasteiger partial charge in [-0.25, -0.2) is 4.79 Å². The second-order valence-corrected chi connectivity index (χ2v) is 5.65. The average molecular weight is 348 g/mol. The number of nitriles is 1. The number of aromatic nitrogens is 1. The van der Waals surface area contributed by atoms with Gasteiger partial charge >= 0.3 is 5.97 Å². The van der Waals surface area contributed by atoms with Crippen molar-refractivity contribution in [3.8, 4) is 11.8 Å². The van der Waals surface area contributed by atoms with Crippen molar-refractivity contribution in [2.75, 3.05) is 6.61 Å². The third-order valence-corrected chi connectivity index (χ3v) is 3.56. The minimum Gasteiger partial charge on any atom is -0.487 e. The number of hydrogen-bond acceptors (Lipinski definition) is 5. The first-order valence-corrected chi connectivity index (χ1v) is 8.09. The first-order valence-electron chi connectivity index (χ1n) is 8.09. The summed E-state index contributed by atoms with van der Waals surface area (Å²) >= 11 is 0. The summed E-state index contributed by atoms with van der Waals surface area (Å²) in [5.74, 6) is 0.0960. The monoisotopic (exact) mass is 348 g/mol. The van der Waals surface area contributed by atoms with Crippen molar-refractivity contribution in [2.45, 2.75) is 20.5 Å². The van der Waals surface area contributed by atoms with Crippen molar-refractivity contribution < 1.29 is 14.3 Å². The molecule has 0 saturated heterocycles. The Hall–Kier alpha value is -3.39. The summed E-state index contributed by atoms with van der Waals surface area (Å²) in [5.41, 5.74) is 3.32.